The van der Waals surface area contributed by atoms with Gasteiger partial charge in [0, 0.05) is 19.1 Å². The number of methoxy groups -OCH3 is 1. The van der Waals surface area contributed by atoms with Crippen molar-refractivity contribution in [1.29, 1.82) is 0 Å². The summed E-state index contributed by atoms with van der Waals surface area (Å²) in [6.07, 6.45) is -0.510. The van der Waals surface area contributed by atoms with Gasteiger partial charge in [-0.15, -0.1) is 0 Å². The molecular weight excluding hydrogens is 314 g/mol. The van der Waals surface area contributed by atoms with E-state index in [0.717, 1.165) is 17.9 Å². The first-order valence-electron chi connectivity index (χ1n) is 8.75. The van der Waals surface area contributed by atoms with Crippen LogP contribution in [0.1, 0.15) is 25.0 Å². The zero-order valence-corrected chi connectivity index (χ0v) is 15.4. The standard InChI is InChI=1S/C21H29NO3/c1-17(2)22(13-18-9-11-21(24-3)12-10-18)14-20(23)16-25-15-19-7-5-4-6-8-19/h4-12,17,20,23H,13-16H2,1-3H3. The van der Waals surface area contributed by atoms with Crippen molar-refractivity contribution in [2.24, 2.45) is 0 Å². The van der Waals surface area contributed by atoms with Crippen molar-refractivity contribution in [2.75, 3.05) is 20.3 Å². The van der Waals surface area contributed by atoms with Gasteiger partial charge in [-0.25, -0.2) is 0 Å². The molecule has 2 aromatic carbocycles. The number of rotatable bonds is 10. The van der Waals surface area contributed by atoms with E-state index in [9.17, 15) is 5.11 Å². The third-order valence-corrected chi connectivity index (χ3v) is 4.14. The van der Waals surface area contributed by atoms with E-state index in [0.29, 0.717) is 25.8 Å². The van der Waals surface area contributed by atoms with E-state index >= 15 is 0 Å². The van der Waals surface area contributed by atoms with Crippen LogP contribution in [-0.2, 0) is 17.9 Å². The van der Waals surface area contributed by atoms with Gasteiger partial charge >= 0.3 is 0 Å². The summed E-state index contributed by atoms with van der Waals surface area (Å²) in [5, 5.41) is 10.3. The van der Waals surface area contributed by atoms with Crippen LogP contribution in [0.15, 0.2) is 54.6 Å². The minimum absolute atomic E-state index is 0.334. The minimum atomic E-state index is -0.510. The lowest BCUT2D eigenvalue weighted by molar-refractivity contribution is 0.00314. The third-order valence-electron chi connectivity index (χ3n) is 4.14. The summed E-state index contributed by atoms with van der Waals surface area (Å²) in [6.45, 7) is 6.51. The van der Waals surface area contributed by atoms with Crippen LogP contribution in [0.2, 0.25) is 0 Å². The maximum Gasteiger partial charge on any atom is 0.118 e. The molecule has 2 aromatic rings. The summed E-state index contributed by atoms with van der Waals surface area (Å²) >= 11 is 0. The fraction of sp³-hybridized carbons (Fsp3) is 0.429. The van der Waals surface area contributed by atoms with Crippen molar-refractivity contribution in [3.05, 3.63) is 65.7 Å². The molecule has 0 fully saturated rings. The highest BCUT2D eigenvalue weighted by atomic mass is 16.5. The Balaban J connectivity index is 1.80. The maximum absolute atomic E-state index is 10.3. The lowest BCUT2D eigenvalue weighted by Crippen LogP contribution is -2.38. The second-order valence-electron chi connectivity index (χ2n) is 6.53. The Morgan fingerprint density at radius 2 is 1.64 bits per heavy atom. The molecule has 0 aliphatic carbocycles. The van der Waals surface area contributed by atoms with Gasteiger partial charge in [0.2, 0.25) is 0 Å². The van der Waals surface area contributed by atoms with Crippen LogP contribution in [0.5, 0.6) is 5.75 Å². The molecule has 25 heavy (non-hydrogen) atoms. The molecule has 0 bridgehead atoms. The Hall–Kier alpha value is -1.88. The van der Waals surface area contributed by atoms with Crippen LogP contribution in [0, 0.1) is 0 Å². The largest absolute Gasteiger partial charge is 0.497 e. The summed E-state index contributed by atoms with van der Waals surface area (Å²) in [7, 11) is 1.67. The van der Waals surface area contributed by atoms with Crippen molar-refractivity contribution in [3.8, 4) is 5.75 Å². The number of ether oxygens (including phenoxy) is 2. The van der Waals surface area contributed by atoms with Gasteiger partial charge in [0.1, 0.15) is 5.75 Å². The van der Waals surface area contributed by atoms with Crippen LogP contribution in [0.4, 0.5) is 0 Å². The first kappa shape index (κ1) is 19.4. The van der Waals surface area contributed by atoms with E-state index in [1.807, 2.05) is 42.5 Å². The van der Waals surface area contributed by atoms with Crippen LogP contribution in [0.3, 0.4) is 0 Å². The summed E-state index contributed by atoms with van der Waals surface area (Å²) < 4.78 is 10.8. The molecule has 0 radical (unpaired) electrons. The highest BCUT2D eigenvalue weighted by molar-refractivity contribution is 5.27. The molecule has 0 aromatic heterocycles. The minimum Gasteiger partial charge on any atom is -0.497 e. The van der Waals surface area contributed by atoms with Crippen molar-refractivity contribution >= 4 is 0 Å². The van der Waals surface area contributed by atoms with Gasteiger partial charge in [-0.1, -0.05) is 42.5 Å². The van der Waals surface area contributed by atoms with Gasteiger partial charge in [-0.2, -0.15) is 0 Å². The molecule has 0 aliphatic heterocycles. The quantitative estimate of drug-likeness (QED) is 0.717. The molecule has 0 aliphatic rings. The summed E-state index contributed by atoms with van der Waals surface area (Å²) in [5.74, 6) is 0.856. The molecule has 0 saturated heterocycles. The fourth-order valence-electron chi connectivity index (χ4n) is 2.63. The van der Waals surface area contributed by atoms with E-state index in [1.165, 1.54) is 5.56 Å². The monoisotopic (exact) mass is 343 g/mol. The maximum atomic E-state index is 10.3. The van der Waals surface area contributed by atoms with Crippen molar-refractivity contribution in [3.63, 3.8) is 0 Å². The Morgan fingerprint density at radius 3 is 2.24 bits per heavy atom. The summed E-state index contributed by atoms with van der Waals surface area (Å²) in [4.78, 5) is 2.25. The van der Waals surface area contributed by atoms with Gasteiger partial charge < -0.3 is 14.6 Å². The number of aliphatic hydroxyl groups is 1. The molecular formula is C21H29NO3. The topological polar surface area (TPSA) is 41.9 Å². The van der Waals surface area contributed by atoms with Gasteiger partial charge in [0.05, 0.1) is 26.4 Å². The molecule has 4 heteroatoms. The molecule has 0 saturated carbocycles. The van der Waals surface area contributed by atoms with Gasteiger partial charge in [0.15, 0.2) is 0 Å². The summed E-state index contributed by atoms with van der Waals surface area (Å²) in [6, 6.07) is 18.4. The molecule has 0 heterocycles. The van der Waals surface area contributed by atoms with Gasteiger partial charge in [-0.05, 0) is 37.1 Å². The SMILES string of the molecule is COc1ccc(CN(CC(O)COCc2ccccc2)C(C)C)cc1. The molecule has 1 N–H and O–H groups in total. The molecule has 2 rings (SSSR count). The highest BCUT2D eigenvalue weighted by Crippen LogP contribution is 2.14. The second kappa shape index (κ2) is 10.2. The van der Waals surface area contributed by atoms with Crippen LogP contribution < -0.4 is 4.74 Å². The number of nitrogens with zero attached hydrogens (tertiary/aromatic N) is 1. The normalized spacial score (nSPS) is 12.6. The zero-order valence-electron chi connectivity index (χ0n) is 15.4. The Kier molecular flexibility index (Phi) is 7.92. The van der Waals surface area contributed by atoms with E-state index in [4.69, 9.17) is 9.47 Å². The van der Waals surface area contributed by atoms with Crippen molar-refractivity contribution in [2.45, 2.75) is 39.1 Å². The fourth-order valence-corrected chi connectivity index (χ4v) is 2.63. The third kappa shape index (κ3) is 6.86. The van der Waals surface area contributed by atoms with Gasteiger partial charge in [0.25, 0.3) is 0 Å². The lowest BCUT2D eigenvalue weighted by atomic mass is 10.1. The second-order valence-corrected chi connectivity index (χ2v) is 6.53. The molecule has 0 amide bonds. The molecule has 4 nitrogen and oxygen atoms in total. The number of aliphatic hydroxyl groups excluding tert-OH is 1. The number of hydrogen-bond donors (Lipinski definition) is 1. The highest BCUT2D eigenvalue weighted by Gasteiger charge is 2.15. The van der Waals surface area contributed by atoms with Crippen molar-refractivity contribution < 1.29 is 14.6 Å². The van der Waals surface area contributed by atoms with E-state index in [2.05, 4.69) is 30.9 Å². The van der Waals surface area contributed by atoms with Crippen LogP contribution in [0.25, 0.3) is 0 Å². The van der Waals surface area contributed by atoms with E-state index in [1.54, 1.807) is 7.11 Å². The van der Waals surface area contributed by atoms with Crippen molar-refractivity contribution in [1.82, 2.24) is 4.90 Å². The van der Waals surface area contributed by atoms with E-state index in [-0.39, 0.29) is 0 Å². The number of benzene rings is 2. The van der Waals surface area contributed by atoms with Crippen LogP contribution >= 0.6 is 0 Å². The Morgan fingerprint density at radius 1 is 0.960 bits per heavy atom. The Labute approximate surface area is 151 Å². The molecule has 0 spiro atoms. The predicted octanol–water partition coefficient (Wildman–Crippen LogP) is 3.48. The molecule has 1 atom stereocenters. The van der Waals surface area contributed by atoms with Crippen LogP contribution in [-0.4, -0.2) is 42.4 Å². The number of hydrogen-bond acceptors (Lipinski definition) is 4. The Bertz CT molecular complexity index is 598. The summed E-state index contributed by atoms with van der Waals surface area (Å²) in [5.41, 5.74) is 2.32. The first-order chi connectivity index (χ1) is 12.1. The van der Waals surface area contributed by atoms with E-state index < -0.39 is 6.10 Å². The average molecular weight is 343 g/mol. The zero-order chi connectivity index (χ0) is 18.1. The first-order valence-corrected chi connectivity index (χ1v) is 8.75. The molecule has 136 valence electrons. The smallest absolute Gasteiger partial charge is 0.118 e. The lowest BCUT2D eigenvalue weighted by Gasteiger charge is -2.28. The average Bonchev–Trinajstić information content (AvgIpc) is 2.62. The molecule has 1 unspecified atom stereocenters. The predicted molar refractivity (Wildman–Crippen MR) is 101 cm³/mol. The van der Waals surface area contributed by atoms with Gasteiger partial charge in [-0.3, -0.25) is 4.90 Å².